The summed E-state index contributed by atoms with van der Waals surface area (Å²) in [6.07, 6.45) is -0.0143. The number of nitrogens with one attached hydrogen (secondary N) is 7. The van der Waals surface area contributed by atoms with Gasteiger partial charge in [0.1, 0.15) is 32.8 Å². The minimum Gasteiger partial charge on any atom is -0.505 e. The van der Waals surface area contributed by atoms with Crippen molar-refractivity contribution in [2.75, 3.05) is 88.9 Å². The summed E-state index contributed by atoms with van der Waals surface area (Å²) in [6.45, 7) is 4.26. The fourth-order valence-electron chi connectivity index (χ4n) is 9.02. The van der Waals surface area contributed by atoms with Crippen molar-refractivity contribution in [1.82, 2.24) is 34.8 Å². The Bertz CT molecular complexity index is 4440. The predicted molar refractivity (Wildman–Crippen MR) is 332 cm³/mol. The zero-order chi connectivity index (χ0) is 66.1. The number of rotatable bonds is 29. The number of carbonyl (C=O) groups is 1. The van der Waals surface area contributed by atoms with Gasteiger partial charge in [-0.3, -0.25) is 45.1 Å². The van der Waals surface area contributed by atoms with Gasteiger partial charge < -0.3 is 30.7 Å². The van der Waals surface area contributed by atoms with Crippen LogP contribution in [0.25, 0.3) is 21.5 Å². The van der Waals surface area contributed by atoms with Crippen LogP contribution in [0.4, 0.5) is 52.0 Å². The second-order valence-electron chi connectivity index (χ2n) is 18.8. The fraction of sp³-hybridized carbons (Fsp3) is 0.188. The van der Waals surface area contributed by atoms with Gasteiger partial charge in [0.05, 0.1) is 75.8 Å². The summed E-state index contributed by atoms with van der Waals surface area (Å²) >= 11 is 14.1. The van der Waals surface area contributed by atoms with Crippen molar-refractivity contribution < 1.29 is 97.4 Å². The van der Waals surface area contributed by atoms with Crippen LogP contribution in [0.1, 0.15) is 18.3 Å². The van der Waals surface area contributed by atoms with Crippen LogP contribution in [0.5, 0.6) is 11.5 Å². The highest BCUT2D eigenvalue weighted by Gasteiger charge is 2.26. The standard InChI is InChI=1S/C48H47Cl2N15O21S6/c1-23(66)52-32-15-26(36(80-2)22-33(32)60-61-35-21-31-25(17-40(35)92(77,78)79)14-29(90(71,72)73)20-37(31)88-85-82-69)18-41-54-44(49)56-46(55-41)51-7-8-64-9-11-65(12-10-64)48-58-45(50)57-47(59-48)53-27-3-5-30-24(13-27)16-38(89-86-83-70)42(43(30)67)63-62-34-19-28(87-84-81-68)4-6-39(34)91(74,75)76/h3-6,13-17,19-22,60-63,67-70H,7-12,18H2,1-2H3,(H,52,66)(H,71,72,73)(H,74,75,76)(H,77,78,79)(H,51,54,55,56)(H,53,57,58,59). The van der Waals surface area contributed by atoms with E-state index in [2.05, 4.69) is 101 Å². The number of benzene rings is 6. The van der Waals surface area contributed by atoms with Gasteiger partial charge >= 0.3 is 0 Å². The third-order valence-electron chi connectivity index (χ3n) is 12.9. The maximum Gasteiger partial charge on any atom is 0.296 e. The van der Waals surface area contributed by atoms with E-state index in [1.54, 1.807) is 18.2 Å². The number of hydrazine groups is 2. The highest BCUT2D eigenvalue weighted by atomic mass is 35.5. The van der Waals surface area contributed by atoms with Gasteiger partial charge in [-0.2, -0.15) is 50.2 Å². The summed E-state index contributed by atoms with van der Waals surface area (Å²) < 4.78 is 123. The van der Waals surface area contributed by atoms with Gasteiger partial charge in [-0.15, -0.1) is 13.0 Å². The molecule has 1 aliphatic rings. The number of nitrogens with zero attached hydrogens (tertiary/aromatic N) is 8. The molecule has 490 valence electrons. The van der Waals surface area contributed by atoms with Crippen LogP contribution in [0.15, 0.2) is 108 Å². The van der Waals surface area contributed by atoms with Crippen molar-refractivity contribution in [2.45, 2.75) is 42.7 Å². The molecule has 2 aromatic heterocycles. The number of hydrogen-bond donors (Lipinski definition) is 14. The zero-order valence-corrected chi connectivity index (χ0v) is 53.0. The number of phenols is 1. The van der Waals surface area contributed by atoms with Crippen molar-refractivity contribution in [3.8, 4) is 11.5 Å². The SMILES string of the molecule is COc1cc(NNc2cc3c(SOOO)cc(S(=O)(=O)O)cc3cc2S(=O)(=O)O)c(NC(C)=O)cc1Cc1nc(Cl)nc(NCCN2CCN(c3nc(Cl)nc(Nc4ccc5c(O)c(NNc6cc(SOOO)ccc6S(=O)(=O)O)c(SOOO)cc5c4)n3)CC2)n1. The van der Waals surface area contributed by atoms with Gasteiger partial charge in [-0.05, 0) is 112 Å². The van der Waals surface area contributed by atoms with Crippen LogP contribution in [0, 0.1) is 0 Å². The Morgan fingerprint density at radius 1 is 0.630 bits per heavy atom. The first kappa shape index (κ1) is 68.8. The lowest BCUT2D eigenvalue weighted by Crippen LogP contribution is -2.48. The number of phenolic OH excluding ortho intramolecular Hbond substituents is 1. The molecule has 1 fully saturated rings. The van der Waals surface area contributed by atoms with Crippen LogP contribution >= 0.6 is 59.3 Å². The molecule has 44 heteroatoms. The number of ether oxygens (including phenoxy) is 1. The third kappa shape index (κ3) is 17.6. The third-order valence-corrected chi connectivity index (χ3v) is 17.8. The highest BCUT2D eigenvalue weighted by Crippen LogP contribution is 2.44. The van der Waals surface area contributed by atoms with E-state index in [1.165, 1.54) is 50.4 Å². The lowest BCUT2D eigenvalue weighted by molar-refractivity contribution is -0.432. The first-order valence-corrected chi connectivity index (χ1v) is 32.9. The molecule has 1 saturated heterocycles. The zero-order valence-electron chi connectivity index (χ0n) is 46.6. The maximum atomic E-state index is 12.7. The van der Waals surface area contributed by atoms with Crippen LogP contribution in [-0.4, -0.2) is 147 Å². The fourth-order valence-corrected chi connectivity index (χ4v) is 12.7. The van der Waals surface area contributed by atoms with Crippen LogP contribution in [0.3, 0.4) is 0 Å². The number of anilines is 9. The highest BCUT2D eigenvalue weighted by molar-refractivity contribution is 7.95. The molecule has 0 atom stereocenters. The minimum absolute atomic E-state index is 0.0143. The maximum absolute atomic E-state index is 12.7. The number of carbonyl (C=O) groups excluding carboxylic acids is 1. The minimum atomic E-state index is -5.04. The molecule has 14 N–H and O–H groups in total. The summed E-state index contributed by atoms with van der Waals surface area (Å²) in [5, 5.41) is 58.2. The average Bonchev–Trinajstić information content (AvgIpc) is 0.790. The van der Waals surface area contributed by atoms with E-state index in [0.29, 0.717) is 92.0 Å². The smallest absolute Gasteiger partial charge is 0.296 e. The predicted octanol–water partition coefficient (Wildman–Crippen LogP) is 7.81. The number of halogens is 2. The lowest BCUT2D eigenvalue weighted by Gasteiger charge is -2.34. The molecule has 8 aromatic rings. The lowest BCUT2D eigenvalue weighted by atomic mass is 10.1. The molecule has 36 nitrogen and oxygen atoms in total. The Labute approximate surface area is 542 Å². The van der Waals surface area contributed by atoms with Crippen molar-refractivity contribution in [2.24, 2.45) is 0 Å². The Hall–Kier alpha value is -7.51. The quantitative estimate of drug-likeness (QED) is 0.00698. The Morgan fingerprint density at radius 2 is 1.28 bits per heavy atom. The number of methoxy groups -OCH3 is 1. The average molecular weight is 1430 g/mol. The van der Waals surface area contributed by atoms with Crippen molar-refractivity contribution in [3.63, 3.8) is 0 Å². The van der Waals surface area contributed by atoms with Crippen molar-refractivity contribution >= 4 is 169 Å². The molecular formula is C48H47Cl2N15O21S6. The first-order chi connectivity index (χ1) is 43.8. The summed E-state index contributed by atoms with van der Waals surface area (Å²) in [5.74, 6) is 0.0547. The second-order valence-corrected chi connectivity index (χ2v) is 25.9. The molecule has 0 radical (unpaired) electrons. The van der Waals surface area contributed by atoms with E-state index in [-0.39, 0.29) is 111 Å². The van der Waals surface area contributed by atoms with Gasteiger partial charge in [-0.25, -0.2) is 20.8 Å². The monoisotopic (exact) mass is 1430 g/mol. The van der Waals surface area contributed by atoms with Gasteiger partial charge in [-0.1, -0.05) is 15.1 Å². The number of hydrogen-bond acceptors (Lipinski definition) is 35. The van der Waals surface area contributed by atoms with Gasteiger partial charge in [0.25, 0.3) is 30.4 Å². The normalized spacial score (nSPS) is 13.1. The number of piperazine rings is 1. The summed E-state index contributed by atoms with van der Waals surface area (Å²) in [5.41, 5.74) is 11.3. The van der Waals surface area contributed by atoms with Crippen LogP contribution < -0.4 is 47.3 Å². The molecule has 1 amide bonds. The van der Waals surface area contributed by atoms with Crippen molar-refractivity contribution in [1.29, 1.82) is 0 Å². The molecule has 92 heavy (non-hydrogen) atoms. The Morgan fingerprint density at radius 3 is 1.97 bits per heavy atom. The molecular weight excluding hydrogens is 1390 g/mol. The van der Waals surface area contributed by atoms with E-state index < -0.39 is 50.9 Å². The molecule has 0 bridgehead atoms. The first-order valence-electron chi connectivity index (χ1n) is 25.6. The van der Waals surface area contributed by atoms with Crippen LogP contribution in [-0.2, 0) is 69.7 Å². The largest absolute Gasteiger partial charge is 0.505 e. The van der Waals surface area contributed by atoms with E-state index in [9.17, 15) is 48.8 Å². The molecule has 1 aliphatic heterocycles. The van der Waals surface area contributed by atoms with Crippen LogP contribution in [0.2, 0.25) is 10.6 Å². The number of amides is 1. The van der Waals surface area contributed by atoms with Gasteiger partial charge in [0.15, 0.2) is 0 Å². The summed E-state index contributed by atoms with van der Waals surface area (Å²) in [6, 6.07) is 16.8. The van der Waals surface area contributed by atoms with Crippen molar-refractivity contribution in [3.05, 3.63) is 101 Å². The molecule has 0 saturated carbocycles. The van der Waals surface area contributed by atoms with E-state index in [4.69, 9.17) is 43.7 Å². The van der Waals surface area contributed by atoms with E-state index >= 15 is 0 Å². The molecule has 9 rings (SSSR count). The van der Waals surface area contributed by atoms with Gasteiger partial charge in [0, 0.05) is 85.1 Å². The number of aromatic nitrogens is 6. The molecule has 3 heterocycles. The van der Waals surface area contributed by atoms with E-state index in [0.717, 1.165) is 24.3 Å². The Balaban J connectivity index is 0.831. The number of fused-ring (bicyclic) bond motifs is 2. The van der Waals surface area contributed by atoms with E-state index in [1.807, 2.05) is 4.90 Å². The summed E-state index contributed by atoms with van der Waals surface area (Å²) in [7, 11) is -13.3. The van der Waals surface area contributed by atoms with Gasteiger partial charge in [0.2, 0.25) is 34.3 Å². The number of aromatic hydroxyl groups is 1. The molecule has 6 aromatic carbocycles. The Kier molecular flexibility index (Phi) is 22.5. The molecule has 0 unspecified atom stereocenters. The summed E-state index contributed by atoms with van der Waals surface area (Å²) in [4.78, 5) is 41.1. The second kappa shape index (κ2) is 30.1. The molecule has 0 spiro atoms. The topological polar surface area (TPSA) is 494 Å². The molecule has 0 aliphatic carbocycles.